The van der Waals surface area contributed by atoms with Gasteiger partial charge in [-0.1, -0.05) is 6.92 Å². The summed E-state index contributed by atoms with van der Waals surface area (Å²) in [5.74, 6) is -0.551. The third kappa shape index (κ3) is 3.49. The van der Waals surface area contributed by atoms with Gasteiger partial charge < -0.3 is 4.90 Å². The van der Waals surface area contributed by atoms with Crippen LogP contribution in [0.2, 0.25) is 0 Å². The standard InChI is InChI=1S/C22H24FN3O3S/c1-3-16-6-4-5-10-24(16)19(27)13-25-18-9-11-30-20(18)21(28)26(22(25)29)17-8-7-15(23)12-14(17)2/h7-9,11-12,16H,3-6,10,13H2,1-2H3. The topological polar surface area (TPSA) is 64.3 Å². The molecule has 4 rings (SSSR count). The number of likely N-dealkylation sites (tertiary alicyclic amines) is 1. The second kappa shape index (κ2) is 8.18. The second-order valence-electron chi connectivity index (χ2n) is 7.72. The summed E-state index contributed by atoms with van der Waals surface area (Å²) in [6, 6.07) is 5.82. The summed E-state index contributed by atoms with van der Waals surface area (Å²) in [4.78, 5) is 41.4. The fourth-order valence-corrected chi connectivity index (χ4v) is 5.13. The maximum atomic E-state index is 13.6. The molecule has 0 bridgehead atoms. The smallest absolute Gasteiger partial charge is 0.336 e. The highest BCUT2D eigenvalue weighted by molar-refractivity contribution is 7.17. The van der Waals surface area contributed by atoms with Crippen molar-refractivity contribution >= 4 is 27.5 Å². The lowest BCUT2D eigenvalue weighted by atomic mass is 10.00. The van der Waals surface area contributed by atoms with Gasteiger partial charge in [0, 0.05) is 12.6 Å². The van der Waals surface area contributed by atoms with Crippen LogP contribution in [0, 0.1) is 12.7 Å². The molecule has 1 aliphatic heterocycles. The molecule has 8 heteroatoms. The normalized spacial score (nSPS) is 16.9. The number of benzene rings is 1. The van der Waals surface area contributed by atoms with Crippen LogP contribution in [0.4, 0.5) is 4.39 Å². The zero-order valence-corrected chi connectivity index (χ0v) is 17.9. The van der Waals surface area contributed by atoms with E-state index in [2.05, 4.69) is 6.92 Å². The van der Waals surface area contributed by atoms with Gasteiger partial charge in [0.2, 0.25) is 5.91 Å². The number of halogens is 1. The van der Waals surface area contributed by atoms with Gasteiger partial charge in [0.1, 0.15) is 17.1 Å². The third-order valence-electron chi connectivity index (χ3n) is 5.87. The molecule has 1 fully saturated rings. The quantitative estimate of drug-likeness (QED) is 0.638. The minimum atomic E-state index is -0.584. The Morgan fingerprint density at radius 2 is 2.03 bits per heavy atom. The highest BCUT2D eigenvalue weighted by Crippen LogP contribution is 2.22. The number of hydrogen-bond donors (Lipinski definition) is 0. The van der Waals surface area contributed by atoms with Gasteiger partial charge in [0.05, 0.1) is 11.2 Å². The van der Waals surface area contributed by atoms with E-state index in [0.717, 1.165) is 30.3 Å². The van der Waals surface area contributed by atoms with Gasteiger partial charge in [-0.2, -0.15) is 0 Å². The Morgan fingerprint density at radius 3 is 2.77 bits per heavy atom. The Bertz CT molecular complexity index is 1230. The zero-order valence-electron chi connectivity index (χ0n) is 17.1. The van der Waals surface area contributed by atoms with E-state index in [1.165, 1.54) is 34.1 Å². The van der Waals surface area contributed by atoms with Gasteiger partial charge >= 0.3 is 5.69 Å². The first kappa shape index (κ1) is 20.5. The SMILES string of the molecule is CCC1CCCCN1C(=O)Cn1c(=O)n(-c2ccc(F)cc2C)c(=O)c2sccc21. The molecule has 1 aliphatic rings. The van der Waals surface area contributed by atoms with E-state index in [1.807, 2.05) is 4.90 Å². The Balaban J connectivity index is 1.84. The number of nitrogens with zero attached hydrogens (tertiary/aromatic N) is 3. The van der Waals surface area contributed by atoms with E-state index in [1.54, 1.807) is 18.4 Å². The Hall–Kier alpha value is -2.74. The lowest BCUT2D eigenvalue weighted by Crippen LogP contribution is -2.47. The molecule has 0 aliphatic carbocycles. The number of piperidine rings is 1. The average Bonchev–Trinajstić information content (AvgIpc) is 3.22. The number of aromatic nitrogens is 2. The molecule has 0 radical (unpaired) electrons. The highest BCUT2D eigenvalue weighted by atomic mass is 32.1. The predicted octanol–water partition coefficient (Wildman–Crippen LogP) is 3.45. The van der Waals surface area contributed by atoms with E-state index >= 15 is 0 Å². The van der Waals surface area contributed by atoms with Gasteiger partial charge in [-0.3, -0.25) is 14.2 Å². The molecular weight excluding hydrogens is 405 g/mol. The van der Waals surface area contributed by atoms with Crippen LogP contribution in [-0.4, -0.2) is 32.5 Å². The summed E-state index contributed by atoms with van der Waals surface area (Å²) in [7, 11) is 0. The number of aryl methyl sites for hydroxylation is 1. The number of carbonyl (C=O) groups is 1. The molecule has 0 saturated carbocycles. The summed E-state index contributed by atoms with van der Waals surface area (Å²) in [5.41, 5.74) is 0.230. The number of amides is 1. The lowest BCUT2D eigenvalue weighted by molar-refractivity contribution is -0.135. The summed E-state index contributed by atoms with van der Waals surface area (Å²) in [5, 5.41) is 1.74. The van der Waals surface area contributed by atoms with Crippen molar-refractivity contribution in [3.05, 3.63) is 61.9 Å². The van der Waals surface area contributed by atoms with Crippen LogP contribution >= 0.6 is 11.3 Å². The monoisotopic (exact) mass is 429 g/mol. The Kier molecular flexibility index (Phi) is 5.60. The van der Waals surface area contributed by atoms with Crippen LogP contribution in [-0.2, 0) is 11.3 Å². The van der Waals surface area contributed by atoms with Crippen molar-refractivity contribution in [2.45, 2.75) is 52.1 Å². The van der Waals surface area contributed by atoms with Gasteiger partial charge in [0.15, 0.2) is 0 Å². The van der Waals surface area contributed by atoms with Gasteiger partial charge in [0.25, 0.3) is 5.56 Å². The summed E-state index contributed by atoms with van der Waals surface area (Å²) >= 11 is 1.23. The van der Waals surface area contributed by atoms with Crippen LogP contribution in [0.5, 0.6) is 0 Å². The fraction of sp³-hybridized carbons (Fsp3) is 0.409. The van der Waals surface area contributed by atoms with Gasteiger partial charge in [-0.25, -0.2) is 13.8 Å². The van der Waals surface area contributed by atoms with Crippen molar-refractivity contribution in [1.29, 1.82) is 0 Å². The first-order chi connectivity index (χ1) is 14.4. The molecule has 1 unspecified atom stereocenters. The highest BCUT2D eigenvalue weighted by Gasteiger charge is 2.27. The number of carbonyl (C=O) groups excluding carboxylic acids is 1. The van der Waals surface area contributed by atoms with E-state index in [-0.39, 0.29) is 18.5 Å². The van der Waals surface area contributed by atoms with Crippen molar-refractivity contribution < 1.29 is 9.18 Å². The number of hydrogen-bond acceptors (Lipinski definition) is 4. The molecule has 1 amide bonds. The summed E-state index contributed by atoms with van der Waals surface area (Å²) in [6.45, 7) is 4.29. The molecule has 0 N–H and O–H groups in total. The molecule has 30 heavy (non-hydrogen) atoms. The van der Waals surface area contributed by atoms with Crippen molar-refractivity contribution in [2.24, 2.45) is 0 Å². The van der Waals surface area contributed by atoms with Crippen molar-refractivity contribution in [3.8, 4) is 5.69 Å². The maximum absolute atomic E-state index is 13.6. The van der Waals surface area contributed by atoms with Gasteiger partial charge in [-0.15, -0.1) is 11.3 Å². The molecule has 6 nitrogen and oxygen atoms in total. The van der Waals surface area contributed by atoms with Crippen molar-refractivity contribution in [2.75, 3.05) is 6.54 Å². The maximum Gasteiger partial charge on any atom is 0.336 e. The molecule has 0 spiro atoms. The number of rotatable bonds is 4. The summed E-state index contributed by atoms with van der Waals surface area (Å²) in [6.07, 6.45) is 3.91. The van der Waals surface area contributed by atoms with Crippen LogP contribution < -0.4 is 11.2 Å². The van der Waals surface area contributed by atoms with Crippen LogP contribution in [0.15, 0.2) is 39.2 Å². The van der Waals surface area contributed by atoms with E-state index in [4.69, 9.17) is 0 Å². The third-order valence-corrected chi connectivity index (χ3v) is 6.76. The van der Waals surface area contributed by atoms with E-state index in [9.17, 15) is 18.8 Å². The van der Waals surface area contributed by atoms with Crippen molar-refractivity contribution in [3.63, 3.8) is 0 Å². The molecule has 158 valence electrons. The Morgan fingerprint density at radius 1 is 1.23 bits per heavy atom. The minimum absolute atomic E-state index is 0.114. The van der Waals surface area contributed by atoms with E-state index in [0.29, 0.717) is 28.0 Å². The van der Waals surface area contributed by atoms with E-state index < -0.39 is 17.1 Å². The molecule has 2 aromatic heterocycles. The van der Waals surface area contributed by atoms with Crippen LogP contribution in [0.1, 0.15) is 38.2 Å². The molecule has 1 aromatic carbocycles. The summed E-state index contributed by atoms with van der Waals surface area (Å²) < 4.78 is 16.4. The van der Waals surface area contributed by atoms with Crippen LogP contribution in [0.25, 0.3) is 15.9 Å². The molecule has 3 aromatic rings. The minimum Gasteiger partial charge on any atom is -0.338 e. The number of thiophene rings is 1. The first-order valence-corrected chi connectivity index (χ1v) is 11.1. The predicted molar refractivity (Wildman–Crippen MR) is 116 cm³/mol. The number of fused-ring (bicyclic) bond motifs is 1. The molecule has 1 saturated heterocycles. The first-order valence-electron chi connectivity index (χ1n) is 10.2. The molecule has 3 heterocycles. The van der Waals surface area contributed by atoms with Crippen molar-refractivity contribution in [1.82, 2.24) is 14.0 Å². The lowest BCUT2D eigenvalue weighted by Gasteiger charge is -2.35. The molecular formula is C22H24FN3O3S. The fourth-order valence-electron chi connectivity index (χ4n) is 4.30. The average molecular weight is 430 g/mol. The zero-order chi connectivity index (χ0) is 21.4. The molecule has 1 atom stereocenters. The second-order valence-corrected chi connectivity index (χ2v) is 8.64. The van der Waals surface area contributed by atoms with Gasteiger partial charge in [-0.05, 0) is 67.8 Å². The largest absolute Gasteiger partial charge is 0.338 e. The van der Waals surface area contributed by atoms with Crippen LogP contribution in [0.3, 0.4) is 0 Å². The Labute approximate surface area is 177 Å².